The topological polar surface area (TPSA) is 18.5 Å². The minimum absolute atomic E-state index is 0.307. The van der Waals surface area contributed by atoms with E-state index < -0.39 is 0 Å². The minimum atomic E-state index is 0.307. The molecule has 0 aromatic rings. The van der Waals surface area contributed by atoms with Crippen LogP contribution in [-0.4, -0.2) is 60.6 Å². The van der Waals surface area contributed by atoms with Crippen molar-refractivity contribution in [1.82, 2.24) is 15.1 Å². The van der Waals surface area contributed by atoms with Crippen LogP contribution >= 0.6 is 0 Å². The second-order valence-electron chi connectivity index (χ2n) is 7.83. The van der Waals surface area contributed by atoms with E-state index in [9.17, 15) is 0 Å². The summed E-state index contributed by atoms with van der Waals surface area (Å²) in [5, 5.41) is 3.77. The fraction of sp³-hybridized carbons (Fsp3) is 1.00. The summed E-state index contributed by atoms with van der Waals surface area (Å²) >= 11 is 0. The van der Waals surface area contributed by atoms with Crippen LogP contribution in [-0.2, 0) is 0 Å². The molecular weight excluding hydrogens is 234 g/mol. The summed E-state index contributed by atoms with van der Waals surface area (Å²) in [5.41, 5.74) is 0.746. The molecule has 2 aliphatic rings. The van der Waals surface area contributed by atoms with Crippen LogP contribution < -0.4 is 5.32 Å². The van der Waals surface area contributed by atoms with E-state index in [2.05, 4.69) is 56.8 Å². The predicted octanol–water partition coefficient (Wildman–Crippen LogP) is 2.18. The maximum absolute atomic E-state index is 3.77. The van der Waals surface area contributed by atoms with Crippen molar-refractivity contribution in [3.8, 4) is 0 Å². The van der Waals surface area contributed by atoms with Gasteiger partial charge in [-0.2, -0.15) is 0 Å². The maximum Gasteiger partial charge on any atom is 0.0277 e. The van der Waals surface area contributed by atoms with Crippen LogP contribution in [0, 0.1) is 5.41 Å². The second kappa shape index (κ2) is 5.34. The number of nitrogens with zero attached hydrogens (tertiary/aromatic N) is 2. The summed E-state index contributed by atoms with van der Waals surface area (Å²) in [7, 11) is 2.26. The van der Waals surface area contributed by atoms with Gasteiger partial charge in [0.25, 0.3) is 0 Å². The lowest BCUT2D eigenvalue weighted by molar-refractivity contribution is 0.00771. The highest BCUT2D eigenvalue weighted by molar-refractivity contribution is 5.03. The molecule has 0 bridgehead atoms. The molecule has 3 nitrogen and oxygen atoms in total. The fourth-order valence-corrected chi connectivity index (χ4v) is 3.95. The van der Waals surface area contributed by atoms with Crippen molar-refractivity contribution in [2.24, 2.45) is 5.41 Å². The Balaban J connectivity index is 2.09. The molecule has 0 aromatic carbocycles. The lowest BCUT2D eigenvalue weighted by Gasteiger charge is -2.49. The average Bonchev–Trinajstić information content (AvgIpc) is 2.60. The van der Waals surface area contributed by atoms with Crippen LogP contribution in [0.1, 0.15) is 47.5 Å². The molecule has 2 unspecified atom stereocenters. The monoisotopic (exact) mass is 267 g/mol. The molecule has 2 rings (SSSR count). The van der Waals surface area contributed by atoms with Gasteiger partial charge in [-0.05, 0) is 45.7 Å². The number of likely N-dealkylation sites (N-methyl/N-ethyl adjacent to an activating group) is 2. The molecule has 0 amide bonds. The first-order chi connectivity index (χ1) is 8.78. The second-order valence-corrected chi connectivity index (χ2v) is 7.83. The lowest BCUT2D eigenvalue weighted by Crippen LogP contribution is -2.62. The first-order valence-corrected chi connectivity index (χ1v) is 7.96. The zero-order chi connectivity index (χ0) is 14.3. The first-order valence-electron chi connectivity index (χ1n) is 7.96. The molecule has 112 valence electrons. The summed E-state index contributed by atoms with van der Waals surface area (Å²) in [5.74, 6) is 0. The van der Waals surface area contributed by atoms with Crippen molar-refractivity contribution in [3.63, 3.8) is 0 Å². The van der Waals surface area contributed by atoms with Gasteiger partial charge in [-0.15, -0.1) is 0 Å². The average molecular weight is 267 g/mol. The van der Waals surface area contributed by atoms with Gasteiger partial charge < -0.3 is 5.32 Å². The third-order valence-corrected chi connectivity index (χ3v) is 5.55. The highest BCUT2D eigenvalue weighted by Crippen LogP contribution is 2.40. The molecule has 1 N–H and O–H groups in total. The fourth-order valence-electron chi connectivity index (χ4n) is 3.95. The standard InChI is InChI=1S/C16H33N3/c1-7-17-14-13(8-9-15(14,2)3)19-11-10-18(6)16(4,5)12-19/h13-14,17H,7-12H2,1-6H3. The molecule has 1 saturated carbocycles. The minimum Gasteiger partial charge on any atom is -0.312 e. The quantitative estimate of drug-likeness (QED) is 0.845. The van der Waals surface area contributed by atoms with E-state index in [1.807, 2.05) is 0 Å². The van der Waals surface area contributed by atoms with Crippen molar-refractivity contribution >= 4 is 0 Å². The number of hydrogen-bond acceptors (Lipinski definition) is 3. The van der Waals surface area contributed by atoms with E-state index in [0.29, 0.717) is 17.0 Å². The third-order valence-electron chi connectivity index (χ3n) is 5.55. The summed E-state index contributed by atoms with van der Waals surface area (Å²) < 4.78 is 0. The number of nitrogens with one attached hydrogen (secondary N) is 1. The van der Waals surface area contributed by atoms with Gasteiger partial charge in [-0.3, -0.25) is 9.80 Å². The zero-order valence-corrected chi connectivity index (χ0v) is 13.8. The van der Waals surface area contributed by atoms with Crippen molar-refractivity contribution in [1.29, 1.82) is 0 Å². The van der Waals surface area contributed by atoms with Crippen LogP contribution in [0.2, 0.25) is 0 Å². The smallest absolute Gasteiger partial charge is 0.0277 e. The van der Waals surface area contributed by atoms with E-state index >= 15 is 0 Å². The van der Waals surface area contributed by atoms with E-state index in [1.165, 1.54) is 32.5 Å². The van der Waals surface area contributed by atoms with Crippen molar-refractivity contribution < 1.29 is 0 Å². The summed E-state index contributed by atoms with van der Waals surface area (Å²) in [6.45, 7) is 16.6. The van der Waals surface area contributed by atoms with Gasteiger partial charge in [0.05, 0.1) is 0 Å². The van der Waals surface area contributed by atoms with Crippen molar-refractivity contribution in [2.45, 2.75) is 65.1 Å². The maximum atomic E-state index is 3.77. The van der Waals surface area contributed by atoms with Crippen LogP contribution in [0.3, 0.4) is 0 Å². The number of rotatable bonds is 3. The van der Waals surface area contributed by atoms with Gasteiger partial charge in [0, 0.05) is 37.3 Å². The summed E-state index contributed by atoms with van der Waals surface area (Å²) in [4.78, 5) is 5.26. The highest BCUT2D eigenvalue weighted by Gasteiger charge is 2.46. The van der Waals surface area contributed by atoms with Gasteiger partial charge in [0.15, 0.2) is 0 Å². The number of hydrogen-bond donors (Lipinski definition) is 1. The van der Waals surface area contributed by atoms with Gasteiger partial charge in [-0.1, -0.05) is 20.8 Å². The SMILES string of the molecule is CCNC1C(N2CCN(C)C(C)(C)C2)CCC1(C)C. The van der Waals surface area contributed by atoms with E-state index in [4.69, 9.17) is 0 Å². The van der Waals surface area contributed by atoms with E-state index in [1.54, 1.807) is 0 Å². The molecule has 3 heteroatoms. The van der Waals surface area contributed by atoms with Crippen LogP contribution in [0.4, 0.5) is 0 Å². The molecule has 0 radical (unpaired) electrons. The van der Waals surface area contributed by atoms with Gasteiger partial charge in [0.2, 0.25) is 0 Å². The third kappa shape index (κ3) is 2.98. The van der Waals surface area contributed by atoms with Crippen molar-refractivity contribution in [3.05, 3.63) is 0 Å². The molecular formula is C16H33N3. The van der Waals surface area contributed by atoms with Crippen LogP contribution in [0.5, 0.6) is 0 Å². The Bertz CT molecular complexity index is 311. The molecule has 0 spiro atoms. The normalized spacial score (nSPS) is 35.7. The largest absolute Gasteiger partial charge is 0.312 e. The summed E-state index contributed by atoms with van der Waals surface area (Å²) in [6.07, 6.45) is 2.70. The Labute approximate surface area is 119 Å². The highest BCUT2D eigenvalue weighted by atomic mass is 15.3. The Morgan fingerprint density at radius 1 is 1.16 bits per heavy atom. The van der Waals surface area contributed by atoms with Gasteiger partial charge >= 0.3 is 0 Å². The van der Waals surface area contributed by atoms with Crippen LogP contribution in [0.15, 0.2) is 0 Å². The molecule has 1 saturated heterocycles. The molecule has 2 fully saturated rings. The molecule has 1 heterocycles. The Morgan fingerprint density at radius 3 is 2.42 bits per heavy atom. The number of piperazine rings is 1. The van der Waals surface area contributed by atoms with E-state index in [0.717, 1.165) is 12.6 Å². The Kier molecular flexibility index (Phi) is 4.29. The lowest BCUT2D eigenvalue weighted by atomic mass is 9.85. The molecule has 19 heavy (non-hydrogen) atoms. The molecule has 2 atom stereocenters. The molecule has 1 aliphatic carbocycles. The van der Waals surface area contributed by atoms with Gasteiger partial charge in [-0.25, -0.2) is 0 Å². The Hall–Kier alpha value is -0.120. The van der Waals surface area contributed by atoms with Crippen LogP contribution in [0.25, 0.3) is 0 Å². The first kappa shape index (κ1) is 15.3. The predicted molar refractivity (Wildman–Crippen MR) is 82.5 cm³/mol. The van der Waals surface area contributed by atoms with E-state index in [-0.39, 0.29) is 0 Å². The molecule has 1 aliphatic heterocycles. The van der Waals surface area contributed by atoms with Gasteiger partial charge in [0.1, 0.15) is 0 Å². The van der Waals surface area contributed by atoms with Crippen molar-refractivity contribution in [2.75, 3.05) is 33.2 Å². The molecule has 0 aromatic heterocycles. The Morgan fingerprint density at radius 2 is 1.84 bits per heavy atom. The summed E-state index contributed by atoms with van der Waals surface area (Å²) in [6, 6.07) is 1.37. The zero-order valence-electron chi connectivity index (χ0n) is 13.8.